The highest BCUT2D eigenvalue weighted by Crippen LogP contribution is 2.35. The second kappa shape index (κ2) is 9.41. The van der Waals surface area contributed by atoms with Gasteiger partial charge >= 0.3 is 0 Å². The highest BCUT2D eigenvalue weighted by molar-refractivity contribution is 5.95. The topological polar surface area (TPSA) is 49.4 Å². The number of fused-ring (bicyclic) bond motifs is 1. The molecule has 30 heavy (non-hydrogen) atoms. The maximum atomic E-state index is 13.1. The number of carbonyl (C=O) groups is 2. The molecule has 2 aromatic rings. The molecule has 1 aliphatic heterocycles. The van der Waals surface area contributed by atoms with E-state index in [-0.39, 0.29) is 11.8 Å². The Morgan fingerprint density at radius 1 is 0.933 bits per heavy atom. The summed E-state index contributed by atoms with van der Waals surface area (Å²) < 4.78 is 12.8. The molecule has 2 aliphatic rings. The van der Waals surface area contributed by atoms with Gasteiger partial charge in [0, 0.05) is 30.3 Å². The number of alkyl halides is 1. The lowest BCUT2D eigenvalue weighted by atomic mass is 9.78. The van der Waals surface area contributed by atoms with E-state index in [1.807, 2.05) is 24.3 Å². The number of rotatable bonds is 5. The first-order valence-corrected chi connectivity index (χ1v) is 11.0. The van der Waals surface area contributed by atoms with E-state index in [1.54, 1.807) is 24.3 Å². The fourth-order valence-electron chi connectivity index (χ4n) is 4.89. The van der Waals surface area contributed by atoms with Gasteiger partial charge < -0.3 is 10.2 Å². The van der Waals surface area contributed by atoms with Crippen LogP contribution >= 0.6 is 0 Å². The van der Waals surface area contributed by atoms with Crippen LogP contribution < -0.4 is 5.32 Å². The van der Waals surface area contributed by atoms with Crippen molar-refractivity contribution in [2.45, 2.75) is 57.8 Å². The molecular weight excluding hydrogens is 379 g/mol. The highest BCUT2D eigenvalue weighted by atomic mass is 19.1. The van der Waals surface area contributed by atoms with Crippen molar-refractivity contribution in [3.05, 3.63) is 70.8 Å². The summed E-state index contributed by atoms with van der Waals surface area (Å²) in [6.45, 7) is 0.632. The summed E-state index contributed by atoms with van der Waals surface area (Å²) in [5.41, 5.74) is 2.58. The summed E-state index contributed by atoms with van der Waals surface area (Å²) in [6, 6.07) is 14.5. The number of benzene rings is 2. The molecule has 2 amide bonds. The molecule has 2 atom stereocenters. The Labute approximate surface area is 177 Å². The standard InChI is InChI=1S/C25H29FN2O2/c26-16-19-5-3-7-22(15-19)24(29)27-17-18-10-12-21(13-11-18)25(30)28-14-4-8-20-6-1-2-9-23(20)28/h3,5,7,10-13,15,20,23H,1-2,4,6,8-9,14,16-17H2,(H,27,29). The molecule has 1 N–H and O–H groups in total. The van der Waals surface area contributed by atoms with Crippen molar-refractivity contribution in [1.29, 1.82) is 0 Å². The molecular formula is C25H29FN2O2. The zero-order valence-electron chi connectivity index (χ0n) is 17.3. The minimum atomic E-state index is -0.588. The summed E-state index contributed by atoms with van der Waals surface area (Å²) in [5.74, 6) is 0.564. The van der Waals surface area contributed by atoms with Crippen LogP contribution in [0, 0.1) is 5.92 Å². The van der Waals surface area contributed by atoms with Crippen molar-refractivity contribution < 1.29 is 14.0 Å². The Balaban J connectivity index is 1.36. The second-order valence-electron chi connectivity index (χ2n) is 8.47. The van der Waals surface area contributed by atoms with Crippen LogP contribution in [-0.2, 0) is 13.2 Å². The molecule has 2 unspecified atom stereocenters. The van der Waals surface area contributed by atoms with E-state index in [9.17, 15) is 14.0 Å². The zero-order chi connectivity index (χ0) is 20.9. The number of hydrogen-bond acceptors (Lipinski definition) is 2. The minimum absolute atomic E-state index is 0.130. The van der Waals surface area contributed by atoms with Gasteiger partial charge in [0.05, 0.1) is 0 Å². The number of carbonyl (C=O) groups excluding carboxylic acids is 2. The number of nitrogens with one attached hydrogen (secondary N) is 1. The van der Waals surface area contributed by atoms with Crippen molar-refractivity contribution in [3.8, 4) is 0 Å². The molecule has 1 aliphatic carbocycles. The third-order valence-electron chi connectivity index (χ3n) is 6.50. The molecule has 0 spiro atoms. The molecule has 1 saturated carbocycles. The quantitative estimate of drug-likeness (QED) is 0.766. The molecule has 2 fully saturated rings. The van der Waals surface area contributed by atoms with Crippen molar-refractivity contribution in [1.82, 2.24) is 10.2 Å². The molecule has 0 bridgehead atoms. The SMILES string of the molecule is O=C(NCc1ccc(C(=O)N2CCCC3CCCCC32)cc1)c1cccc(CF)c1. The lowest BCUT2D eigenvalue weighted by Gasteiger charge is -2.44. The van der Waals surface area contributed by atoms with Crippen LogP contribution in [-0.4, -0.2) is 29.3 Å². The molecule has 4 rings (SSSR count). The third kappa shape index (κ3) is 4.55. The van der Waals surface area contributed by atoms with E-state index >= 15 is 0 Å². The van der Waals surface area contributed by atoms with Gasteiger partial charge in [0.25, 0.3) is 11.8 Å². The van der Waals surface area contributed by atoms with Gasteiger partial charge in [-0.15, -0.1) is 0 Å². The van der Waals surface area contributed by atoms with E-state index < -0.39 is 6.67 Å². The summed E-state index contributed by atoms with van der Waals surface area (Å²) in [7, 11) is 0. The van der Waals surface area contributed by atoms with E-state index in [0.29, 0.717) is 35.2 Å². The number of halogens is 1. The smallest absolute Gasteiger partial charge is 0.254 e. The van der Waals surface area contributed by atoms with Crippen molar-refractivity contribution in [3.63, 3.8) is 0 Å². The fourth-order valence-corrected chi connectivity index (χ4v) is 4.89. The molecule has 0 radical (unpaired) electrons. The van der Waals surface area contributed by atoms with Gasteiger partial charge in [0.2, 0.25) is 0 Å². The van der Waals surface area contributed by atoms with Crippen LogP contribution in [0.15, 0.2) is 48.5 Å². The Hall–Kier alpha value is -2.69. The molecule has 0 aromatic heterocycles. The monoisotopic (exact) mass is 408 g/mol. The number of hydrogen-bond donors (Lipinski definition) is 1. The molecule has 2 aromatic carbocycles. The number of nitrogens with zero attached hydrogens (tertiary/aromatic N) is 1. The lowest BCUT2D eigenvalue weighted by molar-refractivity contribution is 0.0390. The van der Waals surface area contributed by atoms with Gasteiger partial charge in [-0.05, 0) is 67.0 Å². The number of likely N-dealkylation sites (tertiary alicyclic amines) is 1. The minimum Gasteiger partial charge on any atom is -0.348 e. The molecule has 1 saturated heterocycles. The number of amides is 2. The van der Waals surface area contributed by atoms with Gasteiger partial charge in [0.15, 0.2) is 0 Å². The van der Waals surface area contributed by atoms with Crippen LogP contribution in [0.3, 0.4) is 0 Å². The van der Waals surface area contributed by atoms with Crippen LogP contribution in [0.1, 0.15) is 70.4 Å². The fraction of sp³-hybridized carbons (Fsp3) is 0.440. The Morgan fingerprint density at radius 2 is 1.70 bits per heavy atom. The van der Waals surface area contributed by atoms with Crippen molar-refractivity contribution in [2.24, 2.45) is 5.92 Å². The zero-order valence-corrected chi connectivity index (χ0v) is 17.3. The average Bonchev–Trinajstić information content (AvgIpc) is 2.82. The Kier molecular flexibility index (Phi) is 6.46. The first kappa shape index (κ1) is 20.6. The predicted octanol–water partition coefficient (Wildman–Crippen LogP) is 4.88. The van der Waals surface area contributed by atoms with E-state index in [2.05, 4.69) is 10.2 Å². The first-order valence-electron chi connectivity index (χ1n) is 11.0. The average molecular weight is 409 g/mol. The van der Waals surface area contributed by atoms with Gasteiger partial charge in [-0.2, -0.15) is 0 Å². The van der Waals surface area contributed by atoms with E-state index in [4.69, 9.17) is 0 Å². The maximum Gasteiger partial charge on any atom is 0.254 e. The summed E-state index contributed by atoms with van der Waals surface area (Å²) in [4.78, 5) is 27.5. The van der Waals surface area contributed by atoms with E-state index in [0.717, 1.165) is 24.9 Å². The van der Waals surface area contributed by atoms with Gasteiger partial charge in [0.1, 0.15) is 6.67 Å². The van der Waals surface area contributed by atoms with Crippen LogP contribution in [0.4, 0.5) is 4.39 Å². The normalized spacial score (nSPS) is 21.0. The predicted molar refractivity (Wildman–Crippen MR) is 115 cm³/mol. The lowest BCUT2D eigenvalue weighted by Crippen LogP contribution is -2.49. The molecule has 4 nitrogen and oxygen atoms in total. The molecule has 5 heteroatoms. The van der Waals surface area contributed by atoms with Crippen molar-refractivity contribution >= 4 is 11.8 Å². The summed E-state index contributed by atoms with van der Waals surface area (Å²) >= 11 is 0. The van der Waals surface area contributed by atoms with Gasteiger partial charge in [-0.25, -0.2) is 4.39 Å². The Bertz CT molecular complexity index is 894. The summed E-state index contributed by atoms with van der Waals surface area (Å²) in [6.07, 6.45) is 7.24. The van der Waals surface area contributed by atoms with Crippen molar-refractivity contribution in [2.75, 3.05) is 6.54 Å². The third-order valence-corrected chi connectivity index (χ3v) is 6.50. The van der Waals surface area contributed by atoms with E-state index in [1.165, 1.54) is 25.7 Å². The molecule has 158 valence electrons. The van der Waals surface area contributed by atoms with Crippen LogP contribution in [0.2, 0.25) is 0 Å². The van der Waals surface area contributed by atoms with Gasteiger partial charge in [-0.1, -0.05) is 37.1 Å². The van der Waals surface area contributed by atoms with Gasteiger partial charge in [-0.3, -0.25) is 9.59 Å². The Morgan fingerprint density at radius 3 is 2.50 bits per heavy atom. The largest absolute Gasteiger partial charge is 0.348 e. The first-order chi connectivity index (χ1) is 14.7. The number of piperidine rings is 1. The maximum absolute atomic E-state index is 13.1. The second-order valence-corrected chi connectivity index (χ2v) is 8.47. The summed E-state index contributed by atoms with van der Waals surface area (Å²) in [5, 5.41) is 2.86. The van der Waals surface area contributed by atoms with Crippen LogP contribution in [0.5, 0.6) is 0 Å². The molecule has 1 heterocycles. The van der Waals surface area contributed by atoms with Crippen LogP contribution in [0.25, 0.3) is 0 Å². The highest BCUT2D eigenvalue weighted by Gasteiger charge is 2.35.